The first kappa shape index (κ1) is 15.3. The molecule has 1 fully saturated rings. The van der Waals surface area contributed by atoms with E-state index in [-0.39, 0.29) is 11.4 Å². The van der Waals surface area contributed by atoms with Gasteiger partial charge in [0.1, 0.15) is 5.82 Å². The Hall–Kier alpha value is -1.09. The minimum absolute atomic E-state index is 0.0638. The fourth-order valence-electron chi connectivity index (χ4n) is 3.10. The zero-order valence-electron chi connectivity index (χ0n) is 11.5. The van der Waals surface area contributed by atoms with Crippen LogP contribution in [0.25, 0.3) is 0 Å². The number of benzene rings is 1. The smallest absolute Gasteiger partial charge is 0.309 e. The minimum Gasteiger partial charge on any atom is -0.481 e. The number of carboxylic acids is 1. The predicted octanol–water partition coefficient (Wildman–Crippen LogP) is 4.84. The highest BCUT2D eigenvalue weighted by atomic mass is 35.5. The highest BCUT2D eigenvalue weighted by Gasteiger charge is 2.38. The van der Waals surface area contributed by atoms with Crippen LogP contribution < -0.4 is 0 Å². The van der Waals surface area contributed by atoms with Gasteiger partial charge in [0.2, 0.25) is 0 Å². The molecule has 1 aliphatic carbocycles. The maximum Gasteiger partial charge on any atom is 0.309 e. The van der Waals surface area contributed by atoms with Crippen LogP contribution in [0.2, 0.25) is 5.02 Å². The minimum atomic E-state index is -0.841. The van der Waals surface area contributed by atoms with Gasteiger partial charge in [0, 0.05) is 0 Å². The molecule has 0 bridgehead atoms. The van der Waals surface area contributed by atoms with Crippen LogP contribution in [0.1, 0.15) is 50.5 Å². The normalized spacial score (nSPS) is 19.1. The Morgan fingerprint density at radius 3 is 2.40 bits per heavy atom. The van der Waals surface area contributed by atoms with Crippen LogP contribution in [-0.4, -0.2) is 11.1 Å². The summed E-state index contributed by atoms with van der Waals surface area (Å²) in [7, 11) is 0. The lowest BCUT2D eigenvalue weighted by Gasteiger charge is -2.31. The number of aliphatic carboxylic acids is 1. The number of hydrogen-bond acceptors (Lipinski definition) is 1. The first-order chi connectivity index (χ1) is 9.55. The van der Waals surface area contributed by atoms with Gasteiger partial charge >= 0.3 is 5.97 Å². The third kappa shape index (κ3) is 3.32. The number of carbonyl (C=O) groups is 1. The van der Waals surface area contributed by atoms with Gasteiger partial charge in [-0.05, 0) is 30.9 Å². The topological polar surface area (TPSA) is 37.3 Å². The summed E-state index contributed by atoms with van der Waals surface area (Å²) >= 11 is 5.79. The molecule has 4 heteroatoms. The molecule has 0 aliphatic heterocycles. The third-order valence-corrected chi connectivity index (χ3v) is 4.62. The molecule has 0 spiro atoms. The van der Waals surface area contributed by atoms with Crippen LogP contribution in [0.15, 0.2) is 18.2 Å². The molecule has 20 heavy (non-hydrogen) atoms. The maximum atomic E-state index is 14.0. The molecule has 0 heterocycles. The van der Waals surface area contributed by atoms with E-state index in [0.717, 1.165) is 25.7 Å². The number of hydrogen-bond donors (Lipinski definition) is 1. The van der Waals surface area contributed by atoms with E-state index in [1.807, 2.05) is 0 Å². The fourth-order valence-corrected chi connectivity index (χ4v) is 3.29. The van der Waals surface area contributed by atoms with Gasteiger partial charge in [-0.1, -0.05) is 55.8 Å². The van der Waals surface area contributed by atoms with E-state index >= 15 is 0 Å². The zero-order valence-corrected chi connectivity index (χ0v) is 12.3. The van der Waals surface area contributed by atoms with Crippen molar-refractivity contribution in [3.8, 4) is 0 Å². The maximum absolute atomic E-state index is 14.0. The van der Waals surface area contributed by atoms with Gasteiger partial charge in [0.15, 0.2) is 0 Å². The van der Waals surface area contributed by atoms with E-state index < -0.39 is 17.2 Å². The van der Waals surface area contributed by atoms with Gasteiger partial charge in [0.05, 0.1) is 10.4 Å². The summed E-state index contributed by atoms with van der Waals surface area (Å²) in [5.41, 5.74) is -0.424. The van der Waals surface area contributed by atoms with Crippen LogP contribution in [0.4, 0.5) is 4.39 Å². The molecule has 1 N–H and O–H groups in total. The lowest BCUT2D eigenvalue weighted by atomic mass is 9.72. The molecule has 1 aromatic rings. The van der Waals surface area contributed by atoms with Gasteiger partial charge < -0.3 is 5.11 Å². The highest BCUT2D eigenvalue weighted by Crippen LogP contribution is 2.38. The molecule has 1 saturated carbocycles. The number of carboxylic acid groups (broad SMARTS) is 1. The zero-order chi connectivity index (χ0) is 14.6. The molecule has 1 aromatic carbocycles. The van der Waals surface area contributed by atoms with E-state index in [0.29, 0.717) is 18.4 Å². The van der Waals surface area contributed by atoms with E-state index in [1.165, 1.54) is 12.5 Å². The molecule has 0 radical (unpaired) electrons. The van der Waals surface area contributed by atoms with E-state index in [9.17, 15) is 14.3 Å². The monoisotopic (exact) mass is 298 g/mol. The Kier molecular flexibility index (Phi) is 5.03. The third-order valence-electron chi connectivity index (χ3n) is 4.32. The molecule has 2 nitrogen and oxygen atoms in total. The van der Waals surface area contributed by atoms with Gasteiger partial charge in [-0.15, -0.1) is 0 Å². The van der Waals surface area contributed by atoms with Crippen molar-refractivity contribution in [2.45, 2.75) is 51.4 Å². The van der Waals surface area contributed by atoms with Crippen molar-refractivity contribution in [2.75, 3.05) is 0 Å². The summed E-state index contributed by atoms with van der Waals surface area (Å²) in [5.74, 6) is -1.28. The van der Waals surface area contributed by atoms with Crippen molar-refractivity contribution in [1.82, 2.24) is 0 Å². The Labute approximate surface area is 123 Å². The Balaban J connectivity index is 2.27. The van der Waals surface area contributed by atoms with Gasteiger partial charge in [-0.25, -0.2) is 4.39 Å². The SMILES string of the molecule is O=C(O)C1(Cc2cccc(Cl)c2F)CCCCCCC1. The predicted molar refractivity (Wildman–Crippen MR) is 77.5 cm³/mol. The van der Waals surface area contributed by atoms with E-state index in [1.54, 1.807) is 12.1 Å². The van der Waals surface area contributed by atoms with Crippen molar-refractivity contribution in [1.29, 1.82) is 0 Å². The lowest BCUT2D eigenvalue weighted by molar-refractivity contribution is -0.150. The highest BCUT2D eigenvalue weighted by molar-refractivity contribution is 6.30. The van der Waals surface area contributed by atoms with Crippen molar-refractivity contribution in [3.05, 3.63) is 34.6 Å². The second-order valence-electron chi connectivity index (χ2n) is 5.74. The largest absolute Gasteiger partial charge is 0.481 e. The van der Waals surface area contributed by atoms with E-state index in [2.05, 4.69) is 0 Å². The molecule has 0 saturated heterocycles. The average Bonchev–Trinajstić information content (AvgIpc) is 2.37. The van der Waals surface area contributed by atoms with Crippen molar-refractivity contribution < 1.29 is 14.3 Å². The van der Waals surface area contributed by atoms with Crippen LogP contribution in [0.5, 0.6) is 0 Å². The number of rotatable bonds is 3. The number of halogens is 2. The molecule has 110 valence electrons. The summed E-state index contributed by atoms with van der Waals surface area (Å²) in [6, 6.07) is 4.82. The van der Waals surface area contributed by atoms with Crippen molar-refractivity contribution in [2.24, 2.45) is 5.41 Å². The second-order valence-corrected chi connectivity index (χ2v) is 6.15. The first-order valence-corrected chi connectivity index (χ1v) is 7.59. The second kappa shape index (κ2) is 6.57. The van der Waals surface area contributed by atoms with E-state index in [4.69, 9.17) is 11.6 Å². The van der Waals surface area contributed by atoms with Gasteiger partial charge in [-0.3, -0.25) is 4.79 Å². The molecule has 0 aromatic heterocycles. The Morgan fingerprint density at radius 1 is 1.20 bits per heavy atom. The van der Waals surface area contributed by atoms with Gasteiger partial charge in [0.25, 0.3) is 0 Å². The van der Waals surface area contributed by atoms with Crippen LogP contribution >= 0.6 is 11.6 Å². The standard InChI is InChI=1S/C16H20ClFO2/c17-13-8-6-7-12(14(13)18)11-16(15(19)20)9-4-2-1-3-5-10-16/h6-8H,1-5,9-11H2,(H,19,20). The quantitative estimate of drug-likeness (QED) is 0.867. The summed E-state index contributed by atoms with van der Waals surface area (Å²) in [6.45, 7) is 0. The first-order valence-electron chi connectivity index (χ1n) is 7.21. The molecule has 0 amide bonds. The molecule has 2 rings (SSSR count). The van der Waals surface area contributed by atoms with Crippen LogP contribution in [0.3, 0.4) is 0 Å². The molecular formula is C16H20ClFO2. The molecule has 1 aliphatic rings. The van der Waals surface area contributed by atoms with Gasteiger partial charge in [-0.2, -0.15) is 0 Å². The summed E-state index contributed by atoms with van der Waals surface area (Å²) in [6.07, 6.45) is 6.56. The summed E-state index contributed by atoms with van der Waals surface area (Å²) in [4.78, 5) is 11.8. The molecular weight excluding hydrogens is 279 g/mol. The van der Waals surface area contributed by atoms with Crippen LogP contribution in [0, 0.1) is 11.2 Å². The Morgan fingerprint density at radius 2 is 1.80 bits per heavy atom. The lowest BCUT2D eigenvalue weighted by Crippen LogP contribution is -2.34. The molecule has 0 unspecified atom stereocenters. The van der Waals surface area contributed by atoms with Crippen LogP contribution in [-0.2, 0) is 11.2 Å². The average molecular weight is 299 g/mol. The summed E-state index contributed by atoms with van der Waals surface area (Å²) < 4.78 is 14.0. The Bertz CT molecular complexity index is 479. The van der Waals surface area contributed by atoms with Crippen molar-refractivity contribution in [3.63, 3.8) is 0 Å². The molecule has 0 atom stereocenters. The summed E-state index contributed by atoms with van der Waals surface area (Å²) in [5, 5.41) is 9.74. The van der Waals surface area contributed by atoms with Crippen molar-refractivity contribution >= 4 is 17.6 Å². The fraction of sp³-hybridized carbons (Fsp3) is 0.562.